The molecule has 0 heteroatoms. The molecule has 0 spiro atoms. The number of hydrogen-bond acceptors (Lipinski definition) is 0. The average Bonchev–Trinajstić information content (AvgIpc) is 2.32. The maximum atomic E-state index is 2.34. The number of aryl methyl sites for hydroxylation is 6. The van der Waals surface area contributed by atoms with Gasteiger partial charge in [-0.2, -0.15) is 0 Å². The van der Waals surface area contributed by atoms with Crippen molar-refractivity contribution < 1.29 is 0 Å². The fourth-order valence-corrected chi connectivity index (χ4v) is 3.51. The van der Waals surface area contributed by atoms with E-state index in [4.69, 9.17) is 0 Å². The molecule has 0 bridgehead atoms. The third kappa shape index (κ3) is 3.26. The summed E-state index contributed by atoms with van der Waals surface area (Å²) in [5.41, 5.74) is 12.2. The van der Waals surface area contributed by atoms with Gasteiger partial charge in [-0.1, -0.05) is 41.5 Å². The predicted octanol–water partition coefficient (Wildman–Crippen LogP) is 6.10. The minimum absolute atomic E-state index is 1.34. The van der Waals surface area contributed by atoms with Gasteiger partial charge in [0.05, 0.1) is 0 Å². The number of allylic oxidation sites excluding steroid dienone is 1. The van der Waals surface area contributed by atoms with Gasteiger partial charge in [0, 0.05) is 0 Å². The molecule has 0 unspecified atom stereocenters. The molecular formula is C21H26. The van der Waals surface area contributed by atoms with E-state index in [1.165, 1.54) is 50.1 Å². The summed E-state index contributed by atoms with van der Waals surface area (Å²) in [6, 6.07) is 9.07. The summed E-state index contributed by atoms with van der Waals surface area (Å²) in [7, 11) is 0. The first-order valence-corrected chi connectivity index (χ1v) is 7.64. The fraction of sp³-hybridized carbons (Fsp3) is 0.333. The molecule has 110 valence electrons. The van der Waals surface area contributed by atoms with Gasteiger partial charge in [0.1, 0.15) is 0 Å². The maximum absolute atomic E-state index is 2.34. The minimum Gasteiger partial charge on any atom is -0.0558 e. The smallest absolute Gasteiger partial charge is 0.0168 e. The Morgan fingerprint density at radius 1 is 0.667 bits per heavy atom. The van der Waals surface area contributed by atoms with Gasteiger partial charge in [-0.25, -0.2) is 0 Å². The highest BCUT2D eigenvalue weighted by Gasteiger charge is 2.08. The van der Waals surface area contributed by atoms with Gasteiger partial charge in [0.15, 0.2) is 0 Å². The highest BCUT2D eigenvalue weighted by Crippen LogP contribution is 2.28. The molecule has 0 heterocycles. The van der Waals surface area contributed by atoms with Crippen LogP contribution < -0.4 is 0 Å². The van der Waals surface area contributed by atoms with Crippen LogP contribution in [0.1, 0.15) is 51.4 Å². The van der Waals surface area contributed by atoms with E-state index >= 15 is 0 Å². The predicted molar refractivity (Wildman–Crippen MR) is 94.9 cm³/mol. The molecule has 0 aliphatic heterocycles. The van der Waals surface area contributed by atoms with Gasteiger partial charge in [0.25, 0.3) is 0 Å². The number of hydrogen-bond donors (Lipinski definition) is 0. The monoisotopic (exact) mass is 278 g/mol. The second-order valence-corrected chi connectivity index (χ2v) is 6.41. The van der Waals surface area contributed by atoms with Crippen LogP contribution in [0.5, 0.6) is 0 Å². The second-order valence-electron chi connectivity index (χ2n) is 6.41. The highest BCUT2D eigenvalue weighted by atomic mass is 14.1. The molecule has 0 aliphatic carbocycles. The zero-order valence-corrected chi connectivity index (χ0v) is 14.4. The molecule has 0 atom stereocenters. The van der Waals surface area contributed by atoms with Crippen LogP contribution in [0.25, 0.3) is 11.6 Å². The summed E-state index contributed by atoms with van der Waals surface area (Å²) >= 11 is 0. The Hall–Kier alpha value is -1.82. The lowest BCUT2D eigenvalue weighted by Gasteiger charge is -2.14. The number of rotatable bonds is 2. The zero-order valence-electron chi connectivity index (χ0n) is 14.4. The van der Waals surface area contributed by atoms with Gasteiger partial charge in [0.2, 0.25) is 0 Å². The van der Waals surface area contributed by atoms with Crippen molar-refractivity contribution in [2.45, 2.75) is 48.5 Å². The third-order valence-corrected chi connectivity index (χ3v) is 4.17. The van der Waals surface area contributed by atoms with E-state index in [1.54, 1.807) is 0 Å². The summed E-state index contributed by atoms with van der Waals surface area (Å²) in [5.74, 6) is 0. The van der Waals surface area contributed by atoms with Crippen molar-refractivity contribution in [3.63, 3.8) is 0 Å². The Morgan fingerprint density at radius 2 is 1.05 bits per heavy atom. The van der Waals surface area contributed by atoms with Crippen LogP contribution >= 0.6 is 0 Å². The Balaban J connectivity index is 2.58. The van der Waals surface area contributed by atoms with Crippen molar-refractivity contribution in [2.75, 3.05) is 0 Å². The van der Waals surface area contributed by atoms with Crippen LogP contribution in [0.15, 0.2) is 24.3 Å². The summed E-state index contributed by atoms with van der Waals surface area (Å²) in [5, 5.41) is 0. The largest absolute Gasteiger partial charge is 0.0558 e. The summed E-state index contributed by atoms with van der Waals surface area (Å²) in [6.45, 7) is 15.4. The summed E-state index contributed by atoms with van der Waals surface area (Å²) < 4.78 is 0. The van der Waals surface area contributed by atoms with Crippen LogP contribution in [-0.2, 0) is 0 Å². The SMILES string of the molecule is C/C(=C\c1c(C)cc(C)cc1C)c1c(C)cc(C)cc1C. The van der Waals surface area contributed by atoms with E-state index in [1.807, 2.05) is 0 Å². The molecule has 2 aromatic carbocycles. The fourth-order valence-electron chi connectivity index (χ4n) is 3.51. The van der Waals surface area contributed by atoms with E-state index in [0.29, 0.717) is 0 Å². The van der Waals surface area contributed by atoms with E-state index in [0.717, 1.165) is 0 Å². The Bertz CT molecular complexity index is 669. The summed E-state index contributed by atoms with van der Waals surface area (Å²) in [4.78, 5) is 0. The van der Waals surface area contributed by atoms with E-state index in [2.05, 4.69) is 78.8 Å². The van der Waals surface area contributed by atoms with Gasteiger partial charge in [-0.05, 0) is 87.4 Å². The van der Waals surface area contributed by atoms with Crippen molar-refractivity contribution in [3.8, 4) is 0 Å². The molecule has 0 aromatic heterocycles. The lowest BCUT2D eigenvalue weighted by atomic mass is 9.91. The van der Waals surface area contributed by atoms with E-state index < -0.39 is 0 Å². The van der Waals surface area contributed by atoms with Crippen molar-refractivity contribution in [2.24, 2.45) is 0 Å². The van der Waals surface area contributed by atoms with Gasteiger partial charge in [-0.3, -0.25) is 0 Å². The Kier molecular flexibility index (Phi) is 4.37. The van der Waals surface area contributed by atoms with Gasteiger partial charge in [-0.15, -0.1) is 0 Å². The molecule has 0 aliphatic rings. The zero-order chi connectivity index (χ0) is 15.7. The maximum Gasteiger partial charge on any atom is -0.0168 e. The molecular weight excluding hydrogens is 252 g/mol. The quantitative estimate of drug-likeness (QED) is 0.582. The Morgan fingerprint density at radius 3 is 1.48 bits per heavy atom. The normalized spacial score (nSPS) is 11.9. The first-order chi connectivity index (χ1) is 9.79. The van der Waals surface area contributed by atoms with E-state index in [9.17, 15) is 0 Å². The van der Waals surface area contributed by atoms with Crippen molar-refractivity contribution in [1.29, 1.82) is 0 Å². The molecule has 0 fully saturated rings. The van der Waals surface area contributed by atoms with Crippen LogP contribution in [-0.4, -0.2) is 0 Å². The van der Waals surface area contributed by atoms with Crippen molar-refractivity contribution in [3.05, 3.63) is 68.8 Å². The Labute approximate surface area is 129 Å². The highest BCUT2D eigenvalue weighted by molar-refractivity contribution is 5.84. The molecule has 0 N–H and O–H groups in total. The first-order valence-electron chi connectivity index (χ1n) is 7.64. The minimum atomic E-state index is 1.34. The van der Waals surface area contributed by atoms with E-state index in [-0.39, 0.29) is 0 Å². The lowest BCUT2D eigenvalue weighted by Crippen LogP contribution is -1.94. The van der Waals surface area contributed by atoms with Crippen LogP contribution in [0.4, 0.5) is 0 Å². The standard InChI is InChI=1S/C21H26/c1-13-8-15(3)20(16(4)9-13)12-19(7)21-17(5)10-14(2)11-18(21)6/h8-12H,1-7H3/b19-12+. The van der Waals surface area contributed by atoms with Crippen molar-refractivity contribution in [1.82, 2.24) is 0 Å². The third-order valence-electron chi connectivity index (χ3n) is 4.17. The van der Waals surface area contributed by atoms with Crippen LogP contribution in [0, 0.1) is 41.5 Å². The van der Waals surface area contributed by atoms with Gasteiger partial charge < -0.3 is 0 Å². The van der Waals surface area contributed by atoms with Crippen LogP contribution in [0.2, 0.25) is 0 Å². The molecule has 21 heavy (non-hydrogen) atoms. The van der Waals surface area contributed by atoms with Crippen molar-refractivity contribution >= 4 is 11.6 Å². The topological polar surface area (TPSA) is 0 Å². The lowest BCUT2D eigenvalue weighted by molar-refractivity contribution is 1.28. The number of benzene rings is 2. The summed E-state index contributed by atoms with van der Waals surface area (Å²) in [6.07, 6.45) is 2.34. The molecule has 2 rings (SSSR count). The molecule has 2 aromatic rings. The molecule has 0 amide bonds. The average molecular weight is 278 g/mol. The first kappa shape index (κ1) is 15.6. The molecule has 0 saturated heterocycles. The molecule has 0 radical (unpaired) electrons. The molecule has 0 nitrogen and oxygen atoms in total. The van der Waals surface area contributed by atoms with Gasteiger partial charge >= 0.3 is 0 Å². The van der Waals surface area contributed by atoms with Crippen LogP contribution in [0.3, 0.4) is 0 Å². The molecule has 0 saturated carbocycles. The second kappa shape index (κ2) is 5.89.